The molecule has 0 saturated carbocycles. The zero-order chi connectivity index (χ0) is 32.5. The zero-order valence-corrected chi connectivity index (χ0v) is 27.3. The molecule has 2 aromatic rings. The summed E-state index contributed by atoms with van der Waals surface area (Å²) in [4.78, 5) is 52.5. The van der Waals surface area contributed by atoms with Crippen molar-refractivity contribution < 1.29 is 28.2 Å². The first-order chi connectivity index (χ1) is 21.2. The molecule has 244 valence electrons. The van der Waals surface area contributed by atoms with E-state index in [-0.39, 0.29) is 41.7 Å². The Morgan fingerprint density at radius 2 is 1.84 bits per heavy atom. The van der Waals surface area contributed by atoms with Crippen LogP contribution in [-0.4, -0.2) is 108 Å². The van der Waals surface area contributed by atoms with E-state index in [1.54, 1.807) is 21.9 Å². The molecule has 2 fully saturated rings. The lowest BCUT2D eigenvalue weighted by Crippen LogP contribution is -2.63. The Morgan fingerprint density at radius 3 is 2.56 bits per heavy atom. The van der Waals surface area contributed by atoms with Gasteiger partial charge in [-0.15, -0.1) is 0 Å². The van der Waals surface area contributed by atoms with E-state index in [0.717, 1.165) is 22.5 Å². The fraction of sp³-hybridized carbons (Fsp3) is 0.588. The second-order valence-corrected chi connectivity index (χ2v) is 14.1. The molecule has 5 rings (SSSR count). The summed E-state index contributed by atoms with van der Waals surface area (Å²) in [5, 5.41) is 0. The number of nitrogens with zero attached hydrogens (tertiary/aromatic N) is 5. The van der Waals surface area contributed by atoms with E-state index in [0.29, 0.717) is 58.8 Å². The molecule has 10 nitrogen and oxygen atoms in total. The molecule has 3 aliphatic heterocycles. The minimum atomic E-state index is -0.642. The number of pyridine rings is 1. The average Bonchev–Trinajstić information content (AvgIpc) is 3.07. The molecule has 1 aromatic heterocycles. The fourth-order valence-electron chi connectivity index (χ4n) is 6.41. The van der Waals surface area contributed by atoms with Gasteiger partial charge in [0.15, 0.2) is 0 Å². The van der Waals surface area contributed by atoms with Crippen molar-refractivity contribution in [3.8, 4) is 0 Å². The SMILES string of the molecule is C[C@@H]1CN(CC(=O)N2CC(C)(C)c3ncc(Cc4ccc(F)cc4)cc32)[C@@H](CN2CCOCCC2=O)CN1C(=O)OC(C)(C)C. The summed E-state index contributed by atoms with van der Waals surface area (Å²) in [5.74, 6) is -0.329. The van der Waals surface area contributed by atoms with Crippen molar-refractivity contribution in [3.63, 3.8) is 0 Å². The number of piperazine rings is 1. The van der Waals surface area contributed by atoms with Gasteiger partial charge in [-0.3, -0.25) is 19.5 Å². The van der Waals surface area contributed by atoms with Gasteiger partial charge in [-0.05, 0) is 63.4 Å². The van der Waals surface area contributed by atoms with E-state index in [2.05, 4.69) is 18.7 Å². The van der Waals surface area contributed by atoms with Crippen LogP contribution in [0, 0.1) is 5.82 Å². The number of fused-ring (bicyclic) bond motifs is 1. The van der Waals surface area contributed by atoms with E-state index in [1.165, 1.54) is 12.1 Å². The van der Waals surface area contributed by atoms with Crippen LogP contribution in [0.5, 0.6) is 0 Å². The topological polar surface area (TPSA) is 95.5 Å². The number of amides is 3. The summed E-state index contributed by atoms with van der Waals surface area (Å²) < 4.78 is 24.7. The molecule has 3 aliphatic rings. The molecular weight excluding hydrogens is 577 g/mol. The van der Waals surface area contributed by atoms with Crippen molar-refractivity contribution >= 4 is 23.6 Å². The van der Waals surface area contributed by atoms with Gasteiger partial charge in [-0.2, -0.15) is 0 Å². The number of hydrogen-bond acceptors (Lipinski definition) is 7. The molecule has 0 bridgehead atoms. The molecule has 0 radical (unpaired) electrons. The number of hydrogen-bond donors (Lipinski definition) is 0. The number of ether oxygens (including phenoxy) is 2. The summed E-state index contributed by atoms with van der Waals surface area (Å²) in [5.41, 5.74) is 2.59. The number of halogens is 1. The van der Waals surface area contributed by atoms with Crippen molar-refractivity contribution in [3.05, 3.63) is 59.2 Å². The molecular formula is C34H46FN5O5. The lowest BCUT2D eigenvalue weighted by atomic mass is 9.91. The van der Waals surface area contributed by atoms with E-state index in [4.69, 9.17) is 14.5 Å². The van der Waals surface area contributed by atoms with Gasteiger partial charge in [0.2, 0.25) is 11.8 Å². The number of carbonyl (C=O) groups is 3. The molecule has 3 amide bonds. The largest absolute Gasteiger partial charge is 0.444 e. The van der Waals surface area contributed by atoms with Crippen LogP contribution in [0.3, 0.4) is 0 Å². The highest BCUT2D eigenvalue weighted by molar-refractivity contribution is 5.97. The van der Waals surface area contributed by atoms with Gasteiger partial charge in [0, 0.05) is 56.4 Å². The summed E-state index contributed by atoms with van der Waals surface area (Å²) in [6.45, 7) is 14.8. The van der Waals surface area contributed by atoms with Gasteiger partial charge >= 0.3 is 6.09 Å². The molecule has 0 N–H and O–H groups in total. The van der Waals surface area contributed by atoms with E-state index in [9.17, 15) is 18.8 Å². The number of carbonyl (C=O) groups excluding carboxylic acids is 3. The molecule has 1 aromatic carbocycles. The van der Waals surface area contributed by atoms with Gasteiger partial charge in [0.25, 0.3) is 0 Å². The van der Waals surface area contributed by atoms with Crippen LogP contribution in [-0.2, 0) is 30.9 Å². The highest BCUT2D eigenvalue weighted by Gasteiger charge is 2.43. The Morgan fingerprint density at radius 1 is 1.11 bits per heavy atom. The predicted octanol–water partition coefficient (Wildman–Crippen LogP) is 3.99. The fourth-order valence-corrected chi connectivity index (χ4v) is 6.41. The minimum absolute atomic E-state index is 0.0104. The van der Waals surface area contributed by atoms with Crippen molar-refractivity contribution in [2.45, 2.75) is 77.5 Å². The van der Waals surface area contributed by atoms with E-state index in [1.807, 2.05) is 44.9 Å². The first kappa shape index (κ1) is 32.8. The smallest absolute Gasteiger partial charge is 0.410 e. The molecule has 2 atom stereocenters. The summed E-state index contributed by atoms with van der Waals surface area (Å²) >= 11 is 0. The quantitative estimate of drug-likeness (QED) is 0.480. The Kier molecular flexibility index (Phi) is 9.51. The average molecular weight is 624 g/mol. The van der Waals surface area contributed by atoms with Crippen LogP contribution in [0.2, 0.25) is 0 Å². The maximum absolute atomic E-state index is 14.1. The number of benzene rings is 1. The molecule has 0 spiro atoms. The summed E-state index contributed by atoms with van der Waals surface area (Å²) in [7, 11) is 0. The van der Waals surface area contributed by atoms with Crippen molar-refractivity contribution in [2.75, 3.05) is 57.4 Å². The van der Waals surface area contributed by atoms with Crippen molar-refractivity contribution in [2.24, 2.45) is 0 Å². The van der Waals surface area contributed by atoms with Crippen LogP contribution in [0.1, 0.15) is 64.8 Å². The third kappa shape index (κ3) is 7.81. The highest BCUT2D eigenvalue weighted by Crippen LogP contribution is 2.40. The van der Waals surface area contributed by atoms with E-state index >= 15 is 0 Å². The lowest BCUT2D eigenvalue weighted by molar-refractivity contribution is -0.132. The molecule has 0 aliphatic carbocycles. The second kappa shape index (κ2) is 13.0. The summed E-state index contributed by atoms with van der Waals surface area (Å²) in [6.07, 6.45) is 2.33. The Balaban J connectivity index is 1.37. The standard InChI is InChI=1S/C34H46FN5O5/c1-23-18-38(27(19-37-12-14-44-13-11-29(37)41)20-39(23)32(43)45-33(2,3)4)21-30(42)40-22-34(5,6)31-28(40)16-25(17-36-31)15-24-7-9-26(35)10-8-24/h7-10,16-17,23,27H,11-15,18-22H2,1-6H3/t23-,27+/m1/s1. The third-order valence-corrected chi connectivity index (χ3v) is 8.70. The maximum atomic E-state index is 14.1. The summed E-state index contributed by atoms with van der Waals surface area (Å²) in [6, 6.07) is 7.97. The molecule has 0 unspecified atom stereocenters. The number of rotatable bonds is 6. The molecule has 2 saturated heterocycles. The van der Waals surface area contributed by atoms with Crippen molar-refractivity contribution in [1.29, 1.82) is 0 Å². The van der Waals surface area contributed by atoms with Gasteiger partial charge in [-0.25, -0.2) is 9.18 Å². The van der Waals surface area contributed by atoms with Crippen LogP contribution >= 0.6 is 0 Å². The van der Waals surface area contributed by atoms with E-state index < -0.39 is 11.7 Å². The molecule has 4 heterocycles. The number of aromatic nitrogens is 1. The monoisotopic (exact) mass is 623 g/mol. The normalized spacial score (nSPS) is 22.3. The second-order valence-electron chi connectivity index (χ2n) is 14.1. The first-order valence-electron chi connectivity index (χ1n) is 15.8. The van der Waals surface area contributed by atoms with Crippen LogP contribution in [0.15, 0.2) is 36.5 Å². The molecule has 11 heteroatoms. The zero-order valence-electron chi connectivity index (χ0n) is 27.3. The Bertz CT molecular complexity index is 1410. The predicted molar refractivity (Wildman–Crippen MR) is 169 cm³/mol. The first-order valence-corrected chi connectivity index (χ1v) is 15.8. The Labute approximate surface area is 265 Å². The maximum Gasteiger partial charge on any atom is 0.410 e. The molecule has 45 heavy (non-hydrogen) atoms. The van der Waals surface area contributed by atoms with Crippen LogP contribution < -0.4 is 4.90 Å². The lowest BCUT2D eigenvalue weighted by Gasteiger charge is -2.46. The highest BCUT2D eigenvalue weighted by atomic mass is 19.1. The van der Waals surface area contributed by atoms with Crippen molar-refractivity contribution in [1.82, 2.24) is 19.7 Å². The minimum Gasteiger partial charge on any atom is -0.444 e. The third-order valence-electron chi connectivity index (χ3n) is 8.70. The van der Waals surface area contributed by atoms with Crippen LogP contribution in [0.25, 0.3) is 0 Å². The van der Waals surface area contributed by atoms with Gasteiger partial charge < -0.3 is 24.2 Å². The van der Waals surface area contributed by atoms with Gasteiger partial charge in [0.05, 0.1) is 37.6 Å². The van der Waals surface area contributed by atoms with Crippen LogP contribution in [0.4, 0.5) is 14.9 Å². The Hall–Kier alpha value is -3.57. The van der Waals surface area contributed by atoms with Gasteiger partial charge in [-0.1, -0.05) is 26.0 Å². The van der Waals surface area contributed by atoms with Gasteiger partial charge in [0.1, 0.15) is 11.4 Å². The number of anilines is 1.